The summed E-state index contributed by atoms with van der Waals surface area (Å²) in [5.41, 5.74) is 0.437. The van der Waals surface area contributed by atoms with Crippen LogP contribution in [0.2, 0.25) is 0 Å². The minimum absolute atomic E-state index is 0.0808. The molecular weight excluding hydrogens is 202 g/mol. The molecule has 0 aliphatic heterocycles. The zero-order chi connectivity index (χ0) is 12.2. The Kier molecular flexibility index (Phi) is 3.86. The maximum absolute atomic E-state index is 8.89. The Bertz CT molecular complexity index is 393. The van der Waals surface area contributed by atoms with E-state index in [1.54, 1.807) is 18.5 Å². The Labute approximate surface area is 96.5 Å². The Morgan fingerprint density at radius 3 is 2.75 bits per heavy atom. The van der Waals surface area contributed by atoms with Crippen molar-refractivity contribution < 1.29 is 4.74 Å². The van der Waals surface area contributed by atoms with Crippen LogP contribution in [-0.4, -0.2) is 36.1 Å². The maximum Gasteiger partial charge on any atom is 0.155 e. The number of nitriles is 1. The van der Waals surface area contributed by atoms with E-state index in [4.69, 9.17) is 10.00 Å². The fourth-order valence-electron chi connectivity index (χ4n) is 0.971. The van der Waals surface area contributed by atoms with E-state index in [0.717, 1.165) is 0 Å². The number of ether oxygens (including phenoxy) is 1. The lowest BCUT2D eigenvalue weighted by Crippen LogP contribution is -2.43. The molecule has 0 radical (unpaired) electrons. The van der Waals surface area contributed by atoms with Crippen LogP contribution in [0.3, 0.4) is 0 Å². The molecule has 0 bridgehead atoms. The minimum atomic E-state index is -0.0808. The monoisotopic (exact) mass is 219 g/mol. The summed E-state index contributed by atoms with van der Waals surface area (Å²) in [4.78, 5) is 6.03. The van der Waals surface area contributed by atoms with E-state index in [0.29, 0.717) is 17.9 Å². The summed E-state index contributed by atoms with van der Waals surface area (Å²) in [5, 5.41) is 8.89. The van der Waals surface area contributed by atoms with Crippen LogP contribution in [0.1, 0.15) is 19.4 Å². The van der Waals surface area contributed by atoms with Gasteiger partial charge in [0.05, 0.1) is 11.8 Å². The van der Waals surface area contributed by atoms with Gasteiger partial charge in [0, 0.05) is 11.7 Å². The van der Waals surface area contributed by atoms with E-state index in [1.807, 2.05) is 14.1 Å². The fraction of sp³-hybridized carbons (Fsp3) is 0.500. The Hall–Kier alpha value is -1.60. The van der Waals surface area contributed by atoms with Gasteiger partial charge in [0.1, 0.15) is 12.7 Å². The summed E-state index contributed by atoms with van der Waals surface area (Å²) in [6.07, 6.45) is 3.16. The summed E-state index contributed by atoms with van der Waals surface area (Å²) in [6.45, 7) is 4.67. The van der Waals surface area contributed by atoms with E-state index < -0.39 is 0 Å². The minimum Gasteiger partial charge on any atom is -0.489 e. The molecule has 0 aromatic carbocycles. The highest BCUT2D eigenvalue weighted by Crippen LogP contribution is 2.18. The second-order valence-corrected chi connectivity index (χ2v) is 4.48. The van der Waals surface area contributed by atoms with Gasteiger partial charge in [-0.05, 0) is 34.0 Å². The number of rotatable bonds is 4. The largest absolute Gasteiger partial charge is 0.489 e. The van der Waals surface area contributed by atoms with Crippen LogP contribution in [0.4, 0.5) is 0 Å². The molecule has 0 aliphatic carbocycles. The van der Waals surface area contributed by atoms with Crippen LogP contribution in [0.15, 0.2) is 18.5 Å². The van der Waals surface area contributed by atoms with Crippen molar-refractivity contribution in [2.75, 3.05) is 20.7 Å². The lowest BCUT2D eigenvalue weighted by Gasteiger charge is -2.32. The second-order valence-electron chi connectivity index (χ2n) is 4.48. The first kappa shape index (κ1) is 12.5. The van der Waals surface area contributed by atoms with Gasteiger partial charge in [-0.2, -0.15) is 5.26 Å². The molecule has 0 atom stereocenters. The molecule has 0 amide bonds. The summed E-state index contributed by atoms with van der Waals surface area (Å²) >= 11 is 0. The molecule has 0 aliphatic rings. The van der Waals surface area contributed by atoms with Gasteiger partial charge in [-0.25, -0.2) is 0 Å². The van der Waals surface area contributed by atoms with Gasteiger partial charge in [0.15, 0.2) is 5.75 Å². The van der Waals surface area contributed by atoms with Crippen LogP contribution in [0, 0.1) is 11.3 Å². The van der Waals surface area contributed by atoms with Crippen molar-refractivity contribution in [3.8, 4) is 11.8 Å². The summed E-state index contributed by atoms with van der Waals surface area (Å²) in [6, 6.07) is 3.73. The number of nitrogens with zero attached hydrogens (tertiary/aromatic N) is 3. The van der Waals surface area contributed by atoms with Crippen LogP contribution in [-0.2, 0) is 0 Å². The molecule has 0 spiro atoms. The van der Waals surface area contributed by atoms with Crippen LogP contribution < -0.4 is 4.74 Å². The van der Waals surface area contributed by atoms with E-state index in [2.05, 4.69) is 29.8 Å². The molecule has 86 valence electrons. The number of hydrogen-bond acceptors (Lipinski definition) is 4. The number of likely N-dealkylation sites (N-methyl/N-ethyl adjacent to an activating group) is 1. The third kappa shape index (κ3) is 2.94. The van der Waals surface area contributed by atoms with Crippen LogP contribution in [0.25, 0.3) is 0 Å². The summed E-state index contributed by atoms with van der Waals surface area (Å²) in [7, 11) is 4.00. The molecular formula is C12H17N3O. The Morgan fingerprint density at radius 2 is 2.19 bits per heavy atom. The molecule has 0 saturated carbocycles. The lowest BCUT2D eigenvalue weighted by atomic mass is 10.1. The quantitative estimate of drug-likeness (QED) is 0.773. The maximum atomic E-state index is 8.89. The van der Waals surface area contributed by atoms with Crippen LogP contribution in [0.5, 0.6) is 5.75 Å². The first-order chi connectivity index (χ1) is 7.47. The normalized spacial score (nSPS) is 11.2. The first-order valence-electron chi connectivity index (χ1n) is 5.12. The number of hydrogen-bond donors (Lipinski definition) is 0. The molecule has 0 fully saturated rings. The van der Waals surface area contributed by atoms with Gasteiger partial charge in [-0.15, -0.1) is 0 Å². The Balaban J connectivity index is 2.72. The Morgan fingerprint density at radius 1 is 1.50 bits per heavy atom. The van der Waals surface area contributed by atoms with Gasteiger partial charge >= 0.3 is 0 Å². The van der Waals surface area contributed by atoms with Gasteiger partial charge < -0.3 is 9.64 Å². The molecule has 0 N–H and O–H groups in total. The third-order valence-corrected chi connectivity index (χ3v) is 2.70. The molecule has 0 unspecified atom stereocenters. The fourth-order valence-corrected chi connectivity index (χ4v) is 0.971. The van der Waals surface area contributed by atoms with Crippen molar-refractivity contribution in [2.45, 2.75) is 19.4 Å². The molecule has 1 rings (SSSR count). The number of aromatic nitrogens is 1. The highest BCUT2D eigenvalue weighted by Gasteiger charge is 2.21. The lowest BCUT2D eigenvalue weighted by molar-refractivity contribution is 0.113. The summed E-state index contributed by atoms with van der Waals surface area (Å²) < 4.78 is 5.63. The molecule has 4 nitrogen and oxygen atoms in total. The van der Waals surface area contributed by atoms with Crippen molar-refractivity contribution >= 4 is 0 Å². The van der Waals surface area contributed by atoms with Gasteiger partial charge in [0.2, 0.25) is 0 Å². The highest BCUT2D eigenvalue weighted by molar-refractivity contribution is 5.40. The molecule has 1 aromatic heterocycles. The molecule has 0 saturated heterocycles. The van der Waals surface area contributed by atoms with E-state index in [9.17, 15) is 0 Å². The average Bonchev–Trinajstić information content (AvgIpc) is 2.26. The average molecular weight is 219 g/mol. The predicted octanol–water partition coefficient (Wildman–Crippen LogP) is 1.67. The standard InChI is InChI=1S/C12H17N3O/c1-12(2,15(3)4)9-16-11-8-14-6-5-10(11)7-13/h5-6,8H,9H2,1-4H3. The van der Waals surface area contributed by atoms with E-state index >= 15 is 0 Å². The SMILES string of the molecule is CN(C)C(C)(C)COc1cnccc1C#N. The molecule has 1 heterocycles. The second kappa shape index (κ2) is 4.95. The summed E-state index contributed by atoms with van der Waals surface area (Å²) in [5.74, 6) is 0.542. The first-order valence-corrected chi connectivity index (χ1v) is 5.12. The predicted molar refractivity (Wildman–Crippen MR) is 62.2 cm³/mol. The number of pyridine rings is 1. The van der Waals surface area contributed by atoms with Crippen molar-refractivity contribution in [3.05, 3.63) is 24.0 Å². The van der Waals surface area contributed by atoms with Gasteiger partial charge in [-0.1, -0.05) is 0 Å². The molecule has 16 heavy (non-hydrogen) atoms. The smallest absolute Gasteiger partial charge is 0.155 e. The van der Waals surface area contributed by atoms with E-state index in [-0.39, 0.29) is 5.54 Å². The van der Waals surface area contributed by atoms with Crippen molar-refractivity contribution in [2.24, 2.45) is 0 Å². The van der Waals surface area contributed by atoms with Crippen molar-refractivity contribution in [1.29, 1.82) is 5.26 Å². The van der Waals surface area contributed by atoms with Gasteiger partial charge in [0.25, 0.3) is 0 Å². The van der Waals surface area contributed by atoms with Crippen LogP contribution >= 0.6 is 0 Å². The van der Waals surface area contributed by atoms with Crippen molar-refractivity contribution in [3.63, 3.8) is 0 Å². The zero-order valence-corrected chi connectivity index (χ0v) is 10.2. The zero-order valence-electron chi connectivity index (χ0n) is 10.2. The highest BCUT2D eigenvalue weighted by atomic mass is 16.5. The third-order valence-electron chi connectivity index (χ3n) is 2.70. The molecule has 1 aromatic rings. The topological polar surface area (TPSA) is 49.1 Å². The van der Waals surface area contributed by atoms with Crippen molar-refractivity contribution in [1.82, 2.24) is 9.88 Å². The molecule has 4 heteroatoms. The van der Waals surface area contributed by atoms with Gasteiger partial charge in [-0.3, -0.25) is 4.98 Å². The van der Waals surface area contributed by atoms with E-state index in [1.165, 1.54) is 0 Å².